The van der Waals surface area contributed by atoms with Crippen molar-refractivity contribution in [2.75, 3.05) is 4.90 Å². The highest BCUT2D eigenvalue weighted by Gasteiger charge is 2.47. The van der Waals surface area contributed by atoms with Crippen LogP contribution < -0.4 is 4.90 Å². The first kappa shape index (κ1) is 29.7. The van der Waals surface area contributed by atoms with Crippen LogP contribution in [0.25, 0.3) is 51.5 Å². The van der Waals surface area contributed by atoms with Crippen molar-refractivity contribution in [2.45, 2.75) is 5.41 Å². The van der Waals surface area contributed by atoms with Gasteiger partial charge in [0, 0.05) is 36.5 Å². The molecule has 1 aliphatic carbocycles. The van der Waals surface area contributed by atoms with Crippen molar-refractivity contribution in [3.8, 4) is 11.1 Å². The van der Waals surface area contributed by atoms with Crippen molar-refractivity contribution in [1.29, 1.82) is 0 Å². The van der Waals surface area contributed by atoms with Crippen LogP contribution in [-0.2, 0) is 5.41 Å². The van der Waals surface area contributed by atoms with Gasteiger partial charge < -0.3 is 4.90 Å². The lowest BCUT2D eigenvalue weighted by Gasteiger charge is -2.34. The Kier molecular flexibility index (Phi) is 6.57. The lowest BCUT2D eigenvalue weighted by Crippen LogP contribution is -2.28. The lowest BCUT2D eigenvalue weighted by molar-refractivity contribution is 0.768. The van der Waals surface area contributed by atoms with Gasteiger partial charge in [0.05, 0.1) is 31.9 Å². The molecule has 0 bridgehead atoms. The van der Waals surface area contributed by atoms with Crippen LogP contribution in [-0.4, -0.2) is 0 Å². The zero-order valence-corrected chi connectivity index (χ0v) is 29.8. The quantitative estimate of drug-likeness (QED) is 0.173. The van der Waals surface area contributed by atoms with Crippen molar-refractivity contribution in [3.05, 3.63) is 210 Å². The van der Waals surface area contributed by atoms with Gasteiger partial charge in [0.1, 0.15) is 0 Å². The van der Waals surface area contributed by atoms with Crippen LogP contribution in [0.3, 0.4) is 0 Å². The normalized spacial score (nSPS) is 13.2. The predicted molar refractivity (Wildman–Crippen MR) is 224 cm³/mol. The smallest absolute Gasteiger partial charge is 0.0714 e. The average Bonchev–Trinajstić information content (AvgIpc) is 3.88. The molecule has 244 valence electrons. The molecule has 0 unspecified atom stereocenters. The van der Waals surface area contributed by atoms with Gasteiger partial charge in [-0.05, 0) is 58.1 Å². The van der Waals surface area contributed by atoms with E-state index >= 15 is 0 Å². The second kappa shape index (κ2) is 11.5. The Morgan fingerprint density at radius 1 is 0.346 bits per heavy atom. The minimum Gasteiger partial charge on any atom is -0.307 e. The molecule has 1 aliphatic rings. The van der Waals surface area contributed by atoms with Crippen LogP contribution in [0.5, 0.6) is 0 Å². The molecule has 10 aromatic rings. The van der Waals surface area contributed by atoms with E-state index in [1.807, 2.05) is 22.7 Å². The van der Waals surface area contributed by atoms with Gasteiger partial charge in [-0.25, -0.2) is 0 Å². The maximum atomic E-state index is 2.58. The average molecular weight is 698 g/mol. The first-order valence-corrected chi connectivity index (χ1v) is 19.4. The topological polar surface area (TPSA) is 3.24 Å². The van der Waals surface area contributed by atoms with Crippen LogP contribution in [0.15, 0.2) is 188 Å². The third-order valence-corrected chi connectivity index (χ3v) is 13.4. The Bertz CT molecular complexity index is 2820. The zero-order chi connectivity index (χ0) is 34.2. The Labute approximate surface area is 310 Å². The molecule has 1 nitrogen and oxygen atoms in total. The molecule has 0 fully saturated rings. The maximum absolute atomic E-state index is 2.58. The number of nitrogens with zero attached hydrogens (tertiary/aromatic N) is 1. The number of hydrogen-bond donors (Lipinski definition) is 0. The molecule has 0 amide bonds. The van der Waals surface area contributed by atoms with Crippen LogP contribution >= 0.6 is 22.7 Å². The fraction of sp³-hybridized carbons (Fsp3) is 0.0204. The number of anilines is 3. The van der Waals surface area contributed by atoms with Crippen molar-refractivity contribution in [1.82, 2.24) is 0 Å². The fourth-order valence-corrected chi connectivity index (χ4v) is 11.3. The van der Waals surface area contributed by atoms with Crippen molar-refractivity contribution in [3.63, 3.8) is 0 Å². The third-order valence-electron chi connectivity index (χ3n) is 11.0. The molecule has 2 heterocycles. The summed E-state index contributed by atoms with van der Waals surface area (Å²) in [6.45, 7) is 0. The summed E-state index contributed by atoms with van der Waals surface area (Å²) in [6.07, 6.45) is 0. The highest BCUT2D eigenvalue weighted by Crippen LogP contribution is 2.60. The van der Waals surface area contributed by atoms with E-state index in [0.29, 0.717) is 0 Å². The summed E-state index contributed by atoms with van der Waals surface area (Å²) in [5.41, 5.74) is 10.8. The van der Waals surface area contributed by atoms with Gasteiger partial charge in [-0.2, -0.15) is 0 Å². The molecule has 52 heavy (non-hydrogen) atoms. The van der Waals surface area contributed by atoms with E-state index in [4.69, 9.17) is 0 Å². The summed E-state index contributed by atoms with van der Waals surface area (Å²) < 4.78 is 5.20. The molecule has 0 saturated heterocycles. The molecular weight excluding hydrogens is 667 g/mol. The van der Waals surface area contributed by atoms with Gasteiger partial charge in [0.15, 0.2) is 0 Å². The van der Waals surface area contributed by atoms with Crippen LogP contribution in [0.2, 0.25) is 0 Å². The van der Waals surface area contributed by atoms with Gasteiger partial charge in [-0.15, -0.1) is 22.7 Å². The van der Waals surface area contributed by atoms with Crippen LogP contribution in [0.1, 0.15) is 22.3 Å². The Balaban J connectivity index is 1.29. The molecule has 0 saturated carbocycles. The van der Waals surface area contributed by atoms with Crippen LogP contribution in [0, 0.1) is 0 Å². The summed E-state index contributed by atoms with van der Waals surface area (Å²) in [6, 6.07) is 69.7. The number of benzene rings is 8. The summed E-state index contributed by atoms with van der Waals surface area (Å²) in [7, 11) is 0. The summed E-state index contributed by atoms with van der Waals surface area (Å²) in [5, 5.41) is 5.20. The van der Waals surface area contributed by atoms with E-state index < -0.39 is 5.41 Å². The fourth-order valence-electron chi connectivity index (χ4n) is 8.87. The molecule has 8 aromatic carbocycles. The van der Waals surface area contributed by atoms with E-state index in [2.05, 4.69) is 193 Å². The third kappa shape index (κ3) is 4.09. The summed E-state index contributed by atoms with van der Waals surface area (Å²) in [5.74, 6) is 0. The van der Waals surface area contributed by atoms with Crippen molar-refractivity contribution >= 4 is 80.1 Å². The molecule has 2 aromatic heterocycles. The number of fused-ring (bicyclic) bond motifs is 9. The standard InChI is InChI=1S/C49H31NS2/c1-3-16-32(17-4-1)49(33-18-5-2-6-19-33)39-25-10-7-22-38(39)46-40(49)26-15-27-41(46)50(42-28-13-23-36-34-20-8-11-30-44(34)51-47(36)42)43-29-14-24-37-35-21-9-12-31-45(35)52-48(37)43/h1-31H. The predicted octanol–water partition coefficient (Wildman–Crippen LogP) is 14.3. The van der Waals surface area contributed by atoms with Gasteiger partial charge in [0.2, 0.25) is 0 Å². The molecule has 0 radical (unpaired) electrons. The lowest BCUT2D eigenvalue weighted by atomic mass is 9.68. The van der Waals surface area contributed by atoms with Crippen LogP contribution in [0.4, 0.5) is 17.1 Å². The van der Waals surface area contributed by atoms with E-state index in [9.17, 15) is 0 Å². The van der Waals surface area contributed by atoms with E-state index in [1.165, 1.54) is 90.8 Å². The highest BCUT2D eigenvalue weighted by molar-refractivity contribution is 7.27. The van der Waals surface area contributed by atoms with E-state index in [1.54, 1.807) is 0 Å². The number of hydrogen-bond acceptors (Lipinski definition) is 3. The minimum absolute atomic E-state index is 0.483. The van der Waals surface area contributed by atoms with Gasteiger partial charge in [-0.1, -0.05) is 158 Å². The second-order valence-corrected chi connectivity index (χ2v) is 15.7. The molecule has 3 heteroatoms. The number of thiophene rings is 2. The Hall–Kier alpha value is -6.00. The maximum Gasteiger partial charge on any atom is 0.0714 e. The monoisotopic (exact) mass is 697 g/mol. The summed E-state index contributed by atoms with van der Waals surface area (Å²) >= 11 is 3.78. The first-order chi connectivity index (χ1) is 25.8. The first-order valence-electron chi connectivity index (χ1n) is 17.8. The molecular formula is C49H31NS2. The second-order valence-electron chi connectivity index (χ2n) is 13.6. The molecule has 11 rings (SSSR count). The minimum atomic E-state index is -0.483. The Morgan fingerprint density at radius 2 is 0.788 bits per heavy atom. The summed E-state index contributed by atoms with van der Waals surface area (Å²) in [4.78, 5) is 2.58. The van der Waals surface area contributed by atoms with Gasteiger partial charge >= 0.3 is 0 Å². The van der Waals surface area contributed by atoms with Crippen molar-refractivity contribution in [2.24, 2.45) is 0 Å². The Morgan fingerprint density at radius 3 is 1.38 bits per heavy atom. The number of rotatable bonds is 5. The van der Waals surface area contributed by atoms with E-state index in [0.717, 1.165) is 0 Å². The molecule has 0 atom stereocenters. The van der Waals surface area contributed by atoms with Crippen molar-refractivity contribution < 1.29 is 0 Å². The zero-order valence-electron chi connectivity index (χ0n) is 28.2. The largest absolute Gasteiger partial charge is 0.307 e. The molecule has 0 aliphatic heterocycles. The SMILES string of the molecule is c1ccc(C2(c3ccccc3)c3ccccc3-c3c(N(c4cccc5c4sc4ccccc45)c4cccc5c4sc4ccccc45)cccc32)cc1. The van der Waals surface area contributed by atoms with Gasteiger partial charge in [0.25, 0.3) is 0 Å². The van der Waals surface area contributed by atoms with Gasteiger partial charge in [-0.3, -0.25) is 0 Å². The molecule has 0 spiro atoms. The highest BCUT2D eigenvalue weighted by atomic mass is 32.1. The molecule has 0 N–H and O–H groups in total. The van der Waals surface area contributed by atoms with E-state index in [-0.39, 0.29) is 0 Å².